The number of carbonyl (C=O) groups excluding carboxylic acids is 3. The number of phenols is 1. The number of aromatic carboxylic acids is 1. The maximum atomic E-state index is 12.9. The number of carbonyl (C=O) groups is 4. The molecule has 1 aliphatic carbocycles. The van der Waals surface area contributed by atoms with Crippen molar-refractivity contribution in [2.24, 2.45) is 0 Å². The minimum Gasteiger partial charge on any atom is -0.507 e. The van der Waals surface area contributed by atoms with Crippen molar-refractivity contribution in [2.75, 3.05) is 5.32 Å². The van der Waals surface area contributed by atoms with Gasteiger partial charge >= 0.3 is 5.97 Å². The third-order valence-corrected chi connectivity index (χ3v) is 5.63. The summed E-state index contributed by atoms with van der Waals surface area (Å²) in [6.45, 7) is 0. The number of aromatic hydroxyl groups is 1. The van der Waals surface area contributed by atoms with Crippen LogP contribution in [-0.4, -0.2) is 33.7 Å². The number of ketones is 2. The van der Waals surface area contributed by atoms with E-state index in [4.69, 9.17) is 0 Å². The van der Waals surface area contributed by atoms with Gasteiger partial charge in [-0.1, -0.05) is 30.3 Å². The van der Waals surface area contributed by atoms with Crippen LogP contribution in [0.25, 0.3) is 10.8 Å². The average molecular weight is 437 g/mol. The molecule has 0 unspecified atom stereocenters. The second-order valence-corrected chi connectivity index (χ2v) is 7.65. The molecule has 3 N–H and O–H groups in total. The zero-order chi connectivity index (χ0) is 23.3. The first kappa shape index (κ1) is 20.1. The molecule has 0 atom stereocenters. The molecule has 0 spiro atoms. The van der Waals surface area contributed by atoms with Gasteiger partial charge in [-0.2, -0.15) is 0 Å². The summed E-state index contributed by atoms with van der Waals surface area (Å²) in [5.41, 5.74) is 1.36. The van der Waals surface area contributed by atoms with Gasteiger partial charge in [-0.25, -0.2) is 4.79 Å². The first-order valence-electron chi connectivity index (χ1n) is 9.97. The van der Waals surface area contributed by atoms with Crippen LogP contribution in [0.2, 0.25) is 0 Å². The summed E-state index contributed by atoms with van der Waals surface area (Å²) in [6.07, 6.45) is 0. The Balaban J connectivity index is 1.49. The van der Waals surface area contributed by atoms with Gasteiger partial charge in [-0.05, 0) is 53.2 Å². The van der Waals surface area contributed by atoms with E-state index in [9.17, 15) is 29.4 Å². The van der Waals surface area contributed by atoms with Crippen LogP contribution in [0.5, 0.6) is 5.75 Å². The molecule has 160 valence electrons. The van der Waals surface area contributed by atoms with Crippen LogP contribution in [0, 0.1) is 0 Å². The molecule has 4 aromatic carbocycles. The third-order valence-electron chi connectivity index (χ3n) is 5.63. The third kappa shape index (κ3) is 3.32. The largest absolute Gasteiger partial charge is 0.507 e. The van der Waals surface area contributed by atoms with Crippen molar-refractivity contribution in [1.82, 2.24) is 0 Å². The maximum Gasteiger partial charge on any atom is 0.335 e. The van der Waals surface area contributed by atoms with Gasteiger partial charge in [0.25, 0.3) is 5.91 Å². The normalized spacial score (nSPS) is 12.2. The molecule has 0 radical (unpaired) electrons. The van der Waals surface area contributed by atoms with Gasteiger partial charge in [0.05, 0.1) is 11.1 Å². The summed E-state index contributed by atoms with van der Waals surface area (Å²) in [5.74, 6) is -2.61. The monoisotopic (exact) mass is 437 g/mol. The fraction of sp³-hybridized carbons (Fsp3) is 0. The van der Waals surface area contributed by atoms with E-state index in [0.717, 1.165) is 0 Å². The van der Waals surface area contributed by atoms with Crippen molar-refractivity contribution in [3.05, 3.63) is 106 Å². The zero-order valence-corrected chi connectivity index (χ0v) is 17.0. The molecular formula is C26H15NO6. The van der Waals surface area contributed by atoms with E-state index in [-0.39, 0.29) is 45.3 Å². The highest BCUT2D eigenvalue weighted by atomic mass is 16.4. The maximum absolute atomic E-state index is 12.9. The van der Waals surface area contributed by atoms with Crippen molar-refractivity contribution in [1.29, 1.82) is 0 Å². The number of phenolic OH excluding ortho intramolecular Hbond substituents is 1. The lowest BCUT2D eigenvalue weighted by Crippen LogP contribution is -2.21. The molecule has 0 fully saturated rings. The van der Waals surface area contributed by atoms with Crippen molar-refractivity contribution in [3.63, 3.8) is 0 Å². The number of hydrogen-bond donors (Lipinski definition) is 3. The smallest absolute Gasteiger partial charge is 0.335 e. The first-order chi connectivity index (χ1) is 15.8. The van der Waals surface area contributed by atoms with Crippen LogP contribution in [0.15, 0.2) is 72.8 Å². The Kier molecular flexibility index (Phi) is 4.53. The lowest BCUT2D eigenvalue weighted by Gasteiger charge is -2.18. The number of nitrogens with one attached hydrogen (secondary N) is 1. The van der Waals surface area contributed by atoms with Crippen molar-refractivity contribution in [3.8, 4) is 5.75 Å². The van der Waals surface area contributed by atoms with Gasteiger partial charge < -0.3 is 15.5 Å². The van der Waals surface area contributed by atoms with E-state index in [0.29, 0.717) is 21.9 Å². The number of anilines is 1. The number of rotatable bonds is 3. The van der Waals surface area contributed by atoms with Crippen molar-refractivity contribution < 1.29 is 29.4 Å². The highest BCUT2D eigenvalue weighted by Crippen LogP contribution is 2.30. The van der Waals surface area contributed by atoms with Gasteiger partial charge in [-0.15, -0.1) is 0 Å². The first-order valence-corrected chi connectivity index (χ1v) is 9.97. The highest BCUT2D eigenvalue weighted by Gasteiger charge is 2.29. The summed E-state index contributed by atoms with van der Waals surface area (Å²) in [4.78, 5) is 49.7. The standard InChI is InChI=1S/C26H15NO6/c28-22-11-13-5-6-14(26(32)33)9-15(13)10-21(22)25(31)27-16-7-8-19-20(12-16)24(30)18-4-2-1-3-17(18)23(19)29/h1-12,28H,(H,27,31)(H,32,33). The Labute approximate surface area is 186 Å². The minimum absolute atomic E-state index is 0.0534. The van der Waals surface area contributed by atoms with Crippen LogP contribution < -0.4 is 5.32 Å². The van der Waals surface area contributed by atoms with Gasteiger partial charge in [0.1, 0.15) is 5.75 Å². The van der Waals surface area contributed by atoms with E-state index in [1.54, 1.807) is 30.3 Å². The van der Waals surface area contributed by atoms with E-state index < -0.39 is 11.9 Å². The lowest BCUT2D eigenvalue weighted by atomic mass is 9.84. The SMILES string of the molecule is O=C(O)c1ccc2cc(O)c(C(=O)Nc3ccc4c(c3)C(=O)c3ccccc3C4=O)cc2c1. The molecule has 0 bridgehead atoms. The molecule has 1 aliphatic rings. The molecular weight excluding hydrogens is 422 g/mol. The van der Waals surface area contributed by atoms with Crippen molar-refractivity contribution >= 4 is 39.9 Å². The number of carboxylic acid groups (broad SMARTS) is 1. The summed E-state index contributed by atoms with van der Waals surface area (Å²) in [5, 5.41) is 23.2. The minimum atomic E-state index is -1.11. The summed E-state index contributed by atoms with van der Waals surface area (Å²) >= 11 is 0. The molecule has 1 amide bonds. The molecule has 0 aliphatic heterocycles. The summed E-state index contributed by atoms with van der Waals surface area (Å²) < 4.78 is 0. The predicted molar refractivity (Wildman–Crippen MR) is 120 cm³/mol. The number of amides is 1. The lowest BCUT2D eigenvalue weighted by molar-refractivity contribution is 0.0696. The molecule has 7 heteroatoms. The van der Waals surface area contributed by atoms with Crippen LogP contribution in [-0.2, 0) is 0 Å². The Morgan fingerprint density at radius 2 is 1.36 bits per heavy atom. The molecule has 4 aromatic rings. The molecule has 0 saturated heterocycles. The fourth-order valence-corrected chi connectivity index (χ4v) is 3.98. The van der Waals surface area contributed by atoms with Gasteiger partial charge in [0.2, 0.25) is 0 Å². The Bertz CT molecular complexity index is 1540. The second kappa shape index (κ2) is 7.42. The topological polar surface area (TPSA) is 121 Å². The molecule has 5 rings (SSSR count). The van der Waals surface area contributed by atoms with Crippen LogP contribution >= 0.6 is 0 Å². The van der Waals surface area contributed by atoms with Gasteiger partial charge in [0.15, 0.2) is 11.6 Å². The molecule has 0 heterocycles. The number of hydrogen-bond acceptors (Lipinski definition) is 5. The van der Waals surface area contributed by atoms with Crippen LogP contribution in [0.4, 0.5) is 5.69 Å². The zero-order valence-electron chi connectivity index (χ0n) is 17.0. The summed E-state index contributed by atoms with van der Waals surface area (Å²) in [7, 11) is 0. The van der Waals surface area contributed by atoms with E-state index >= 15 is 0 Å². The Hall–Kier alpha value is -4.78. The predicted octanol–water partition coefficient (Wildman–Crippen LogP) is 4.27. The number of benzene rings is 4. The number of carboxylic acids is 1. The molecule has 0 saturated carbocycles. The second-order valence-electron chi connectivity index (χ2n) is 7.65. The molecule has 7 nitrogen and oxygen atoms in total. The van der Waals surface area contributed by atoms with Crippen molar-refractivity contribution in [2.45, 2.75) is 0 Å². The van der Waals surface area contributed by atoms with E-state index in [2.05, 4.69) is 5.32 Å². The summed E-state index contributed by atoms with van der Waals surface area (Å²) in [6, 6.07) is 18.1. The van der Waals surface area contributed by atoms with E-state index in [1.807, 2.05) is 0 Å². The van der Waals surface area contributed by atoms with Gasteiger partial charge in [0, 0.05) is 27.9 Å². The quantitative estimate of drug-likeness (QED) is 0.388. The van der Waals surface area contributed by atoms with Crippen LogP contribution in [0.1, 0.15) is 52.6 Å². The fourth-order valence-electron chi connectivity index (χ4n) is 3.98. The number of fused-ring (bicyclic) bond motifs is 3. The molecule has 0 aromatic heterocycles. The van der Waals surface area contributed by atoms with E-state index in [1.165, 1.54) is 42.5 Å². The molecule has 33 heavy (non-hydrogen) atoms. The Morgan fingerprint density at radius 1 is 0.697 bits per heavy atom. The Morgan fingerprint density at radius 3 is 2.06 bits per heavy atom. The van der Waals surface area contributed by atoms with Crippen LogP contribution in [0.3, 0.4) is 0 Å². The highest BCUT2D eigenvalue weighted by molar-refractivity contribution is 6.28. The average Bonchev–Trinajstić information content (AvgIpc) is 2.81. The van der Waals surface area contributed by atoms with Gasteiger partial charge in [-0.3, -0.25) is 14.4 Å².